The number of aryl methyl sites for hydroxylation is 1. The van der Waals surface area contributed by atoms with Gasteiger partial charge >= 0.3 is 5.97 Å². The number of rotatable bonds is 9. The molecule has 11 heteroatoms. The van der Waals surface area contributed by atoms with E-state index < -0.39 is 21.8 Å². The predicted molar refractivity (Wildman–Crippen MR) is 138 cm³/mol. The van der Waals surface area contributed by atoms with Crippen LogP contribution in [-0.4, -0.2) is 29.0 Å². The summed E-state index contributed by atoms with van der Waals surface area (Å²) in [5.74, 6) is -0.975. The van der Waals surface area contributed by atoms with E-state index in [2.05, 4.69) is 4.98 Å². The minimum atomic E-state index is -4.16. The molecular weight excluding hydrogens is 528 g/mol. The van der Waals surface area contributed by atoms with Gasteiger partial charge in [0.2, 0.25) is 0 Å². The van der Waals surface area contributed by atoms with Crippen LogP contribution in [0.1, 0.15) is 24.7 Å². The number of carboxylic acid groups (broad SMARTS) is 1. The maximum absolute atomic E-state index is 13.7. The zero-order valence-electron chi connectivity index (χ0n) is 19.2. The molecule has 188 valence electrons. The second kappa shape index (κ2) is 10.5. The van der Waals surface area contributed by atoms with Crippen molar-refractivity contribution in [1.82, 2.24) is 9.55 Å². The van der Waals surface area contributed by atoms with Gasteiger partial charge in [-0.25, -0.2) is 17.8 Å². The molecule has 0 amide bonds. The van der Waals surface area contributed by atoms with Crippen molar-refractivity contribution in [3.8, 4) is 0 Å². The summed E-state index contributed by atoms with van der Waals surface area (Å²) in [6.07, 6.45) is 1.32. The SMILES string of the molecule is CCCc1nc2cc(N(Cc3cccc(Cl)c3Cl)S(=O)(=O)c3ccc(F)cc3)ccc2n1CC(=O)O. The molecule has 0 saturated heterocycles. The molecule has 7 nitrogen and oxygen atoms in total. The topological polar surface area (TPSA) is 92.5 Å². The van der Waals surface area contributed by atoms with Crippen molar-refractivity contribution in [3.05, 3.63) is 87.9 Å². The van der Waals surface area contributed by atoms with Crippen LogP contribution in [0.25, 0.3) is 11.0 Å². The lowest BCUT2D eigenvalue weighted by Crippen LogP contribution is -2.30. The second-order valence-electron chi connectivity index (χ2n) is 8.11. The fourth-order valence-corrected chi connectivity index (χ4v) is 5.74. The number of anilines is 1. The number of benzene rings is 3. The first kappa shape index (κ1) is 25.9. The molecular formula is C25H22Cl2FN3O4S. The zero-order chi connectivity index (χ0) is 26.0. The normalized spacial score (nSPS) is 11.7. The average Bonchev–Trinajstić information content (AvgIpc) is 3.16. The Kier molecular flexibility index (Phi) is 7.54. The van der Waals surface area contributed by atoms with Crippen molar-refractivity contribution in [3.63, 3.8) is 0 Å². The Morgan fingerprint density at radius 3 is 2.50 bits per heavy atom. The van der Waals surface area contributed by atoms with Gasteiger partial charge < -0.3 is 9.67 Å². The molecule has 0 radical (unpaired) electrons. The number of hydrogen-bond acceptors (Lipinski definition) is 4. The molecule has 1 N–H and O–H groups in total. The van der Waals surface area contributed by atoms with Crippen molar-refractivity contribution in [1.29, 1.82) is 0 Å². The third kappa shape index (κ3) is 5.18. The highest BCUT2D eigenvalue weighted by molar-refractivity contribution is 7.92. The molecule has 0 saturated carbocycles. The van der Waals surface area contributed by atoms with Crippen LogP contribution in [0.5, 0.6) is 0 Å². The van der Waals surface area contributed by atoms with Gasteiger partial charge in [-0.2, -0.15) is 0 Å². The Bertz CT molecular complexity index is 1540. The van der Waals surface area contributed by atoms with E-state index in [-0.39, 0.29) is 33.7 Å². The molecule has 3 aromatic carbocycles. The van der Waals surface area contributed by atoms with E-state index in [0.717, 1.165) is 22.9 Å². The van der Waals surface area contributed by atoms with Crippen molar-refractivity contribution >= 4 is 55.9 Å². The fourth-order valence-electron chi connectivity index (χ4n) is 3.92. The molecule has 0 unspecified atom stereocenters. The highest BCUT2D eigenvalue weighted by Gasteiger charge is 2.27. The van der Waals surface area contributed by atoms with E-state index in [9.17, 15) is 22.7 Å². The summed E-state index contributed by atoms with van der Waals surface area (Å²) in [4.78, 5) is 15.9. The van der Waals surface area contributed by atoms with Crippen LogP contribution in [0.15, 0.2) is 65.6 Å². The lowest BCUT2D eigenvalue weighted by molar-refractivity contribution is -0.137. The first-order chi connectivity index (χ1) is 17.1. The minimum Gasteiger partial charge on any atom is -0.480 e. The summed E-state index contributed by atoms with van der Waals surface area (Å²) >= 11 is 12.5. The van der Waals surface area contributed by atoms with Crippen LogP contribution in [0.4, 0.5) is 10.1 Å². The summed E-state index contributed by atoms with van der Waals surface area (Å²) in [5, 5.41) is 9.86. The van der Waals surface area contributed by atoms with Gasteiger partial charge in [0.05, 0.1) is 38.2 Å². The second-order valence-corrected chi connectivity index (χ2v) is 10.8. The van der Waals surface area contributed by atoms with E-state index in [1.165, 1.54) is 12.1 Å². The van der Waals surface area contributed by atoms with E-state index in [1.807, 2.05) is 6.92 Å². The smallest absolute Gasteiger partial charge is 0.323 e. The number of hydrogen-bond donors (Lipinski definition) is 1. The lowest BCUT2D eigenvalue weighted by atomic mass is 10.2. The number of halogens is 3. The minimum absolute atomic E-state index is 0.106. The Morgan fingerprint density at radius 2 is 1.83 bits per heavy atom. The number of aliphatic carboxylic acids is 1. The van der Waals surface area contributed by atoms with Gasteiger partial charge in [-0.1, -0.05) is 42.3 Å². The van der Waals surface area contributed by atoms with Gasteiger partial charge in [-0.3, -0.25) is 9.10 Å². The number of sulfonamides is 1. The summed E-state index contributed by atoms with van der Waals surface area (Å²) in [5.41, 5.74) is 1.78. The Morgan fingerprint density at radius 1 is 1.11 bits per heavy atom. The molecule has 1 aromatic heterocycles. The third-order valence-electron chi connectivity index (χ3n) is 5.61. The Labute approximate surface area is 217 Å². The monoisotopic (exact) mass is 549 g/mol. The molecule has 0 aliphatic heterocycles. The predicted octanol–water partition coefficient (Wildman–Crippen LogP) is 5.91. The van der Waals surface area contributed by atoms with Crippen molar-refractivity contribution < 1.29 is 22.7 Å². The van der Waals surface area contributed by atoms with Crippen molar-refractivity contribution in [2.75, 3.05) is 4.31 Å². The van der Waals surface area contributed by atoms with Crippen LogP contribution in [0, 0.1) is 5.82 Å². The number of fused-ring (bicyclic) bond motifs is 1. The van der Waals surface area contributed by atoms with E-state index in [1.54, 1.807) is 41.0 Å². The van der Waals surface area contributed by atoms with Gasteiger partial charge in [0.25, 0.3) is 10.0 Å². The third-order valence-corrected chi connectivity index (χ3v) is 8.26. The van der Waals surface area contributed by atoms with Crippen LogP contribution in [0.3, 0.4) is 0 Å². The maximum atomic E-state index is 13.7. The van der Waals surface area contributed by atoms with E-state index in [4.69, 9.17) is 23.2 Å². The van der Waals surface area contributed by atoms with Crippen LogP contribution in [0.2, 0.25) is 10.0 Å². The molecule has 4 rings (SSSR count). The van der Waals surface area contributed by atoms with E-state index >= 15 is 0 Å². The number of aromatic nitrogens is 2. The number of carbonyl (C=O) groups is 1. The highest BCUT2D eigenvalue weighted by atomic mass is 35.5. The molecule has 1 heterocycles. The van der Waals surface area contributed by atoms with Gasteiger partial charge in [0.1, 0.15) is 18.2 Å². The molecule has 0 bridgehead atoms. The number of nitrogens with zero attached hydrogens (tertiary/aromatic N) is 3. The highest BCUT2D eigenvalue weighted by Crippen LogP contribution is 2.33. The number of carboxylic acids is 1. The van der Waals surface area contributed by atoms with Crippen LogP contribution in [-0.2, 0) is 34.3 Å². The fraction of sp³-hybridized carbons (Fsp3) is 0.200. The Balaban J connectivity index is 1.87. The molecule has 0 spiro atoms. The van der Waals surface area contributed by atoms with Gasteiger partial charge in [-0.15, -0.1) is 0 Å². The van der Waals surface area contributed by atoms with Gasteiger partial charge in [0.15, 0.2) is 0 Å². The zero-order valence-corrected chi connectivity index (χ0v) is 21.5. The molecule has 0 atom stereocenters. The summed E-state index contributed by atoms with van der Waals surface area (Å²) < 4.78 is 43.7. The molecule has 0 aliphatic rings. The molecule has 4 aromatic rings. The van der Waals surface area contributed by atoms with Crippen LogP contribution >= 0.6 is 23.2 Å². The summed E-state index contributed by atoms with van der Waals surface area (Å²) in [6, 6.07) is 14.3. The Hall–Kier alpha value is -3.14. The first-order valence-corrected chi connectivity index (χ1v) is 13.2. The summed E-state index contributed by atoms with van der Waals surface area (Å²) in [7, 11) is -4.16. The molecule has 0 fully saturated rings. The maximum Gasteiger partial charge on any atom is 0.323 e. The first-order valence-electron chi connectivity index (χ1n) is 11.0. The lowest BCUT2D eigenvalue weighted by Gasteiger charge is -2.25. The standard InChI is InChI=1S/C25H22Cl2FN3O4S/c1-2-4-23-29-21-13-18(9-12-22(21)30(23)15-24(32)33)31(14-16-5-3-6-20(26)25(16)27)36(34,35)19-10-7-17(28)8-11-19/h3,5-13H,2,4,14-15H2,1H3,(H,32,33). The van der Waals surface area contributed by atoms with Crippen molar-refractivity contribution in [2.45, 2.75) is 37.8 Å². The van der Waals surface area contributed by atoms with Gasteiger partial charge in [0, 0.05) is 6.42 Å². The molecule has 0 aliphatic carbocycles. The molecule has 36 heavy (non-hydrogen) atoms. The van der Waals surface area contributed by atoms with E-state index in [0.29, 0.717) is 28.8 Å². The largest absolute Gasteiger partial charge is 0.480 e. The van der Waals surface area contributed by atoms with Crippen LogP contribution < -0.4 is 4.31 Å². The van der Waals surface area contributed by atoms with Crippen molar-refractivity contribution in [2.24, 2.45) is 0 Å². The average molecular weight is 550 g/mol. The quantitative estimate of drug-likeness (QED) is 0.280. The summed E-state index contributed by atoms with van der Waals surface area (Å²) in [6.45, 7) is 1.55. The number of imidazole rings is 1. The van der Waals surface area contributed by atoms with Gasteiger partial charge in [-0.05, 0) is 60.5 Å².